The first-order valence-corrected chi connectivity index (χ1v) is 10.5. The van der Waals surface area contributed by atoms with Crippen molar-refractivity contribution >= 4 is 17.5 Å². The van der Waals surface area contributed by atoms with Crippen LogP contribution in [0.1, 0.15) is 25.8 Å². The lowest BCUT2D eigenvalue weighted by Gasteiger charge is -2.20. The SMILES string of the molecule is [C-]#[N+]c1cnc(Nc2cc(-c3ccc(C[C@H]4CCN(C(C)C)C4)cc3OC)[nH]n2)cn1. The van der Waals surface area contributed by atoms with E-state index >= 15 is 0 Å². The van der Waals surface area contributed by atoms with Gasteiger partial charge in [-0.2, -0.15) is 5.10 Å². The summed E-state index contributed by atoms with van der Waals surface area (Å²) in [6, 6.07) is 8.92. The van der Waals surface area contributed by atoms with Gasteiger partial charge in [0.1, 0.15) is 5.75 Å². The summed E-state index contributed by atoms with van der Waals surface area (Å²) >= 11 is 0. The van der Waals surface area contributed by atoms with Crippen LogP contribution >= 0.6 is 0 Å². The first-order chi connectivity index (χ1) is 15.1. The molecule has 8 heteroatoms. The van der Waals surface area contributed by atoms with Gasteiger partial charge in [-0.05, 0) is 56.8 Å². The predicted molar refractivity (Wildman–Crippen MR) is 121 cm³/mol. The molecule has 4 rings (SSSR count). The van der Waals surface area contributed by atoms with Crippen LogP contribution in [0.4, 0.5) is 17.5 Å². The van der Waals surface area contributed by atoms with Crippen molar-refractivity contribution in [3.05, 3.63) is 53.6 Å². The lowest BCUT2D eigenvalue weighted by Crippen LogP contribution is -2.28. The van der Waals surface area contributed by atoms with Gasteiger partial charge in [0, 0.05) is 24.2 Å². The van der Waals surface area contributed by atoms with Gasteiger partial charge in [0.05, 0.1) is 19.0 Å². The Balaban J connectivity index is 1.46. The molecule has 31 heavy (non-hydrogen) atoms. The molecular weight excluding hydrogens is 390 g/mol. The standard InChI is InChI=1S/C23H27N7O/c1-15(2)30-8-7-17(14-30)9-16-5-6-18(20(10-16)31-4)19-11-21(29-28-19)27-23-13-25-22(24-3)12-26-23/h5-6,10-13,15,17H,7-9,14H2,1-2,4H3,(H2,26,27,28,29)/t17-/m1/s1. The smallest absolute Gasteiger partial charge is 0.288 e. The minimum atomic E-state index is 0.257. The average Bonchev–Trinajstić information content (AvgIpc) is 3.44. The molecule has 0 unspecified atom stereocenters. The fraction of sp³-hybridized carbons (Fsp3) is 0.391. The number of methoxy groups -OCH3 is 1. The molecule has 160 valence electrons. The summed E-state index contributed by atoms with van der Waals surface area (Å²) in [4.78, 5) is 14.0. The average molecular weight is 418 g/mol. The number of likely N-dealkylation sites (tertiary alicyclic amines) is 1. The summed E-state index contributed by atoms with van der Waals surface area (Å²) in [6.45, 7) is 13.8. The molecule has 0 spiro atoms. The van der Waals surface area contributed by atoms with E-state index < -0.39 is 0 Å². The molecule has 1 aliphatic rings. The van der Waals surface area contributed by atoms with E-state index in [0.717, 1.165) is 30.0 Å². The van der Waals surface area contributed by atoms with Gasteiger partial charge < -0.3 is 19.8 Å². The molecule has 1 atom stereocenters. The van der Waals surface area contributed by atoms with Crippen molar-refractivity contribution < 1.29 is 4.74 Å². The molecule has 1 fully saturated rings. The summed E-state index contributed by atoms with van der Waals surface area (Å²) < 4.78 is 5.69. The number of aromatic amines is 1. The number of nitrogens with zero attached hydrogens (tertiary/aromatic N) is 5. The second kappa shape index (κ2) is 9.14. The van der Waals surface area contributed by atoms with Crippen LogP contribution in [-0.4, -0.2) is 51.3 Å². The van der Waals surface area contributed by atoms with E-state index in [1.165, 1.54) is 30.9 Å². The monoisotopic (exact) mass is 417 g/mol. The normalized spacial score (nSPS) is 16.4. The molecule has 0 radical (unpaired) electrons. The molecule has 0 saturated carbocycles. The Kier molecular flexibility index (Phi) is 6.14. The Bertz CT molecular complexity index is 1070. The molecule has 0 aliphatic carbocycles. The van der Waals surface area contributed by atoms with Crippen LogP contribution in [0.15, 0.2) is 36.7 Å². The highest BCUT2D eigenvalue weighted by Crippen LogP contribution is 2.33. The lowest BCUT2D eigenvalue weighted by atomic mass is 9.97. The molecule has 1 saturated heterocycles. The van der Waals surface area contributed by atoms with Crippen LogP contribution < -0.4 is 10.1 Å². The zero-order valence-electron chi connectivity index (χ0n) is 18.1. The van der Waals surface area contributed by atoms with Crippen LogP contribution in [0.2, 0.25) is 0 Å². The number of benzene rings is 1. The van der Waals surface area contributed by atoms with Gasteiger partial charge in [0.25, 0.3) is 5.82 Å². The number of anilines is 2. The van der Waals surface area contributed by atoms with Gasteiger partial charge in [-0.3, -0.25) is 5.10 Å². The van der Waals surface area contributed by atoms with Gasteiger partial charge in [-0.15, -0.1) is 4.98 Å². The van der Waals surface area contributed by atoms with Crippen LogP contribution in [0.25, 0.3) is 16.1 Å². The summed E-state index contributed by atoms with van der Waals surface area (Å²) in [6.07, 6.45) is 5.25. The third-order valence-electron chi connectivity index (χ3n) is 5.71. The van der Waals surface area contributed by atoms with Crippen molar-refractivity contribution in [3.63, 3.8) is 0 Å². The number of nitrogens with one attached hydrogen (secondary N) is 2. The number of H-pyrrole nitrogens is 1. The Labute approximate surface area is 182 Å². The third-order valence-corrected chi connectivity index (χ3v) is 5.71. The molecule has 3 aromatic rings. The Hall–Kier alpha value is -3.44. The zero-order chi connectivity index (χ0) is 21.8. The van der Waals surface area contributed by atoms with Crippen LogP contribution in [0.5, 0.6) is 5.75 Å². The molecule has 2 aromatic heterocycles. The predicted octanol–water partition coefficient (Wildman–Crippen LogP) is 4.44. The topological polar surface area (TPSA) is 83.3 Å². The molecule has 0 amide bonds. The van der Waals surface area contributed by atoms with Gasteiger partial charge in [0.15, 0.2) is 17.8 Å². The highest BCUT2D eigenvalue weighted by Gasteiger charge is 2.24. The second-order valence-electron chi connectivity index (χ2n) is 8.15. The van der Waals surface area contributed by atoms with Gasteiger partial charge in [0.2, 0.25) is 0 Å². The minimum absolute atomic E-state index is 0.257. The number of ether oxygens (including phenoxy) is 1. The van der Waals surface area contributed by atoms with Crippen molar-refractivity contribution in [2.75, 3.05) is 25.5 Å². The van der Waals surface area contributed by atoms with Crippen molar-refractivity contribution in [2.24, 2.45) is 5.92 Å². The van der Waals surface area contributed by atoms with E-state index in [4.69, 9.17) is 11.3 Å². The van der Waals surface area contributed by atoms with E-state index in [0.29, 0.717) is 23.6 Å². The molecule has 1 aromatic carbocycles. The summed E-state index contributed by atoms with van der Waals surface area (Å²) in [5, 5.41) is 10.5. The van der Waals surface area contributed by atoms with E-state index in [2.05, 4.69) is 67.3 Å². The van der Waals surface area contributed by atoms with Crippen LogP contribution in [0, 0.1) is 12.5 Å². The maximum atomic E-state index is 6.95. The second-order valence-corrected chi connectivity index (χ2v) is 8.15. The van der Waals surface area contributed by atoms with Gasteiger partial charge in [-0.1, -0.05) is 12.6 Å². The van der Waals surface area contributed by atoms with Crippen molar-refractivity contribution in [2.45, 2.75) is 32.7 Å². The number of hydrogen-bond acceptors (Lipinski definition) is 6. The molecule has 2 N–H and O–H groups in total. The maximum absolute atomic E-state index is 6.95. The minimum Gasteiger partial charge on any atom is -0.496 e. The first kappa shape index (κ1) is 20.8. The molecule has 8 nitrogen and oxygen atoms in total. The fourth-order valence-electron chi connectivity index (χ4n) is 4.02. The highest BCUT2D eigenvalue weighted by molar-refractivity contribution is 5.71. The summed E-state index contributed by atoms with van der Waals surface area (Å²) in [7, 11) is 1.70. The van der Waals surface area contributed by atoms with Crippen LogP contribution in [0.3, 0.4) is 0 Å². The van der Waals surface area contributed by atoms with Crippen molar-refractivity contribution in [1.29, 1.82) is 0 Å². The lowest BCUT2D eigenvalue weighted by molar-refractivity contribution is 0.265. The zero-order valence-corrected chi connectivity index (χ0v) is 18.1. The Morgan fingerprint density at radius 3 is 2.81 bits per heavy atom. The van der Waals surface area contributed by atoms with Gasteiger partial charge >= 0.3 is 0 Å². The maximum Gasteiger partial charge on any atom is 0.288 e. The summed E-state index contributed by atoms with van der Waals surface area (Å²) in [5.74, 6) is 2.92. The largest absolute Gasteiger partial charge is 0.496 e. The molecule has 1 aliphatic heterocycles. The Morgan fingerprint density at radius 1 is 1.26 bits per heavy atom. The number of hydrogen-bond donors (Lipinski definition) is 2. The van der Waals surface area contributed by atoms with Crippen LogP contribution in [-0.2, 0) is 6.42 Å². The van der Waals surface area contributed by atoms with E-state index in [9.17, 15) is 0 Å². The molecular formula is C23H27N7O. The molecule has 0 bridgehead atoms. The fourth-order valence-corrected chi connectivity index (χ4v) is 4.02. The van der Waals surface area contributed by atoms with Crippen molar-refractivity contribution in [1.82, 2.24) is 25.1 Å². The quantitative estimate of drug-likeness (QED) is 0.553. The Morgan fingerprint density at radius 2 is 2.13 bits per heavy atom. The highest BCUT2D eigenvalue weighted by atomic mass is 16.5. The van der Waals surface area contributed by atoms with E-state index in [1.54, 1.807) is 7.11 Å². The van der Waals surface area contributed by atoms with E-state index in [1.807, 2.05) is 6.07 Å². The number of rotatable bonds is 7. The first-order valence-electron chi connectivity index (χ1n) is 10.5. The molecule has 3 heterocycles. The number of aromatic nitrogens is 4. The summed E-state index contributed by atoms with van der Waals surface area (Å²) in [5.41, 5.74) is 3.10. The third kappa shape index (κ3) is 4.84. The van der Waals surface area contributed by atoms with Gasteiger partial charge in [-0.25, -0.2) is 4.98 Å². The van der Waals surface area contributed by atoms with E-state index in [-0.39, 0.29) is 5.82 Å². The van der Waals surface area contributed by atoms with Crippen molar-refractivity contribution in [3.8, 4) is 17.0 Å².